The number of imide groups is 1. The van der Waals surface area contributed by atoms with Crippen LogP contribution in [0.15, 0.2) is 30.3 Å². The van der Waals surface area contributed by atoms with Crippen LogP contribution >= 0.6 is 11.8 Å². The van der Waals surface area contributed by atoms with Gasteiger partial charge in [0.2, 0.25) is 0 Å². The van der Waals surface area contributed by atoms with E-state index in [9.17, 15) is 9.59 Å². The number of nitrogens with one attached hydrogen (secondary N) is 1. The van der Waals surface area contributed by atoms with Crippen molar-refractivity contribution < 1.29 is 14.7 Å². The lowest BCUT2D eigenvalue weighted by Crippen LogP contribution is -2.24. The molecule has 4 nitrogen and oxygen atoms in total. The maximum Gasteiger partial charge on any atom is 0.412 e. The monoisotopic (exact) mass is 239 g/mol. The smallest absolute Gasteiger partial charge is 0.412 e. The van der Waals surface area contributed by atoms with Crippen molar-refractivity contribution >= 4 is 23.1 Å². The van der Waals surface area contributed by atoms with E-state index >= 15 is 0 Å². The molecule has 1 aromatic rings. The first-order valence-electron chi connectivity index (χ1n) is 4.89. The van der Waals surface area contributed by atoms with Crippen LogP contribution in [-0.4, -0.2) is 22.2 Å². The van der Waals surface area contributed by atoms with Crippen LogP contribution < -0.4 is 5.32 Å². The predicted molar refractivity (Wildman–Crippen MR) is 63.8 cm³/mol. The Bertz CT molecular complexity index is 354. The van der Waals surface area contributed by atoms with Gasteiger partial charge in [0.1, 0.15) is 0 Å². The summed E-state index contributed by atoms with van der Waals surface area (Å²) in [5.74, 6) is 0.619. The SMILES string of the molecule is O=C(O)NC(=O)SCCCc1ccccc1. The number of thioether (sulfide) groups is 1. The van der Waals surface area contributed by atoms with Crippen LogP contribution in [0.1, 0.15) is 12.0 Å². The summed E-state index contributed by atoms with van der Waals surface area (Å²) < 4.78 is 0. The highest BCUT2D eigenvalue weighted by atomic mass is 32.2. The summed E-state index contributed by atoms with van der Waals surface area (Å²) in [6, 6.07) is 9.96. The molecule has 0 aliphatic carbocycles. The molecule has 1 rings (SSSR count). The lowest BCUT2D eigenvalue weighted by molar-refractivity contribution is 0.195. The molecule has 1 aromatic carbocycles. The van der Waals surface area contributed by atoms with Gasteiger partial charge in [-0.1, -0.05) is 42.1 Å². The van der Waals surface area contributed by atoms with Crippen molar-refractivity contribution in [2.45, 2.75) is 12.8 Å². The Labute approximate surface area is 98.0 Å². The van der Waals surface area contributed by atoms with Crippen LogP contribution in [0.4, 0.5) is 9.59 Å². The number of hydrogen-bond donors (Lipinski definition) is 2. The number of carbonyl (C=O) groups is 2. The van der Waals surface area contributed by atoms with E-state index in [0.29, 0.717) is 5.75 Å². The van der Waals surface area contributed by atoms with Crippen molar-refractivity contribution in [2.24, 2.45) is 0 Å². The number of benzene rings is 1. The summed E-state index contributed by atoms with van der Waals surface area (Å²) in [7, 11) is 0. The molecule has 0 unspecified atom stereocenters. The second kappa shape index (κ2) is 6.90. The van der Waals surface area contributed by atoms with Gasteiger partial charge in [-0.3, -0.25) is 10.1 Å². The lowest BCUT2D eigenvalue weighted by Gasteiger charge is -2.01. The zero-order valence-corrected chi connectivity index (χ0v) is 9.50. The number of amides is 2. The van der Waals surface area contributed by atoms with Crippen LogP contribution in [0.2, 0.25) is 0 Å². The minimum absolute atomic E-state index is 0.513. The van der Waals surface area contributed by atoms with Crippen molar-refractivity contribution in [3.05, 3.63) is 35.9 Å². The van der Waals surface area contributed by atoms with E-state index in [1.807, 2.05) is 30.3 Å². The largest absolute Gasteiger partial charge is 0.465 e. The van der Waals surface area contributed by atoms with Gasteiger partial charge in [-0.15, -0.1) is 0 Å². The predicted octanol–water partition coefficient (Wildman–Crippen LogP) is 2.74. The topological polar surface area (TPSA) is 66.4 Å². The van der Waals surface area contributed by atoms with Crippen LogP contribution in [0.3, 0.4) is 0 Å². The first-order chi connectivity index (χ1) is 7.68. The fourth-order valence-corrected chi connectivity index (χ4v) is 1.84. The average Bonchev–Trinajstić information content (AvgIpc) is 2.25. The molecule has 0 aromatic heterocycles. The highest BCUT2D eigenvalue weighted by Gasteiger charge is 2.05. The van der Waals surface area contributed by atoms with Crippen LogP contribution in [0.5, 0.6) is 0 Å². The molecule has 0 saturated carbocycles. The minimum atomic E-state index is -1.31. The average molecular weight is 239 g/mol. The second-order valence-corrected chi connectivity index (χ2v) is 4.22. The summed E-state index contributed by atoms with van der Waals surface area (Å²) in [5, 5.41) is 9.54. The molecule has 0 heterocycles. The number of aryl methyl sites for hydroxylation is 1. The molecule has 5 heteroatoms. The molecule has 0 aliphatic heterocycles. The third kappa shape index (κ3) is 5.41. The Balaban J connectivity index is 2.13. The molecule has 0 fully saturated rings. The van der Waals surface area contributed by atoms with E-state index in [1.165, 1.54) is 5.56 Å². The molecule has 16 heavy (non-hydrogen) atoms. The van der Waals surface area contributed by atoms with E-state index in [1.54, 1.807) is 5.32 Å². The Morgan fingerprint density at radius 1 is 1.25 bits per heavy atom. The van der Waals surface area contributed by atoms with E-state index in [4.69, 9.17) is 5.11 Å². The summed E-state index contributed by atoms with van der Waals surface area (Å²) in [5.41, 5.74) is 1.22. The molecule has 2 N–H and O–H groups in total. The van der Waals surface area contributed by atoms with Crippen LogP contribution in [0.25, 0.3) is 0 Å². The van der Waals surface area contributed by atoms with Crippen molar-refractivity contribution in [1.29, 1.82) is 0 Å². The molecule has 0 spiro atoms. The molecular formula is C11H13NO3S. The Hall–Kier alpha value is -1.49. The van der Waals surface area contributed by atoms with Crippen LogP contribution in [0, 0.1) is 0 Å². The van der Waals surface area contributed by atoms with Crippen molar-refractivity contribution in [2.75, 3.05) is 5.75 Å². The van der Waals surface area contributed by atoms with Gasteiger partial charge in [0.05, 0.1) is 0 Å². The third-order valence-corrected chi connectivity index (χ3v) is 2.75. The normalized spacial score (nSPS) is 9.75. The minimum Gasteiger partial charge on any atom is -0.465 e. The summed E-state index contributed by atoms with van der Waals surface area (Å²) in [6.07, 6.45) is 0.441. The van der Waals surface area contributed by atoms with Gasteiger partial charge in [0.25, 0.3) is 5.24 Å². The Morgan fingerprint density at radius 3 is 2.56 bits per heavy atom. The van der Waals surface area contributed by atoms with Gasteiger partial charge < -0.3 is 5.11 Å². The zero-order chi connectivity index (χ0) is 11.8. The van der Waals surface area contributed by atoms with Gasteiger partial charge in [-0.25, -0.2) is 4.79 Å². The number of rotatable bonds is 4. The number of carbonyl (C=O) groups excluding carboxylic acids is 1. The molecule has 0 radical (unpaired) electrons. The maximum absolute atomic E-state index is 10.9. The zero-order valence-electron chi connectivity index (χ0n) is 8.68. The van der Waals surface area contributed by atoms with Crippen LogP contribution in [-0.2, 0) is 6.42 Å². The first kappa shape index (κ1) is 12.6. The number of carboxylic acid groups (broad SMARTS) is 1. The fourth-order valence-electron chi connectivity index (χ4n) is 1.21. The summed E-state index contributed by atoms with van der Waals surface area (Å²) >= 11 is 0.993. The fraction of sp³-hybridized carbons (Fsp3) is 0.273. The highest BCUT2D eigenvalue weighted by molar-refractivity contribution is 8.13. The molecular weight excluding hydrogens is 226 g/mol. The van der Waals surface area contributed by atoms with Gasteiger partial charge in [-0.05, 0) is 18.4 Å². The first-order valence-corrected chi connectivity index (χ1v) is 5.87. The lowest BCUT2D eigenvalue weighted by atomic mass is 10.1. The molecule has 2 amide bonds. The van der Waals surface area contributed by atoms with E-state index in [-0.39, 0.29) is 0 Å². The second-order valence-electron chi connectivity index (χ2n) is 3.16. The third-order valence-electron chi connectivity index (χ3n) is 1.89. The van der Waals surface area contributed by atoms with Crippen molar-refractivity contribution in [1.82, 2.24) is 5.32 Å². The van der Waals surface area contributed by atoms with Crippen molar-refractivity contribution in [3.8, 4) is 0 Å². The molecule has 0 saturated heterocycles. The van der Waals surface area contributed by atoms with E-state index < -0.39 is 11.3 Å². The summed E-state index contributed by atoms with van der Waals surface area (Å²) in [6.45, 7) is 0. The van der Waals surface area contributed by atoms with Gasteiger partial charge in [0, 0.05) is 5.75 Å². The Morgan fingerprint density at radius 2 is 1.94 bits per heavy atom. The quantitative estimate of drug-likeness (QED) is 0.793. The number of hydrogen-bond acceptors (Lipinski definition) is 3. The standard InChI is InChI=1S/C11H13NO3S/c13-10(14)12-11(15)16-8-4-7-9-5-2-1-3-6-9/h1-3,5-6H,4,7-8H2,(H,12,15)(H,13,14). The molecule has 0 aliphatic rings. The Kier molecular flexibility index (Phi) is 5.42. The van der Waals surface area contributed by atoms with Gasteiger partial charge >= 0.3 is 6.09 Å². The molecule has 0 bridgehead atoms. The summed E-state index contributed by atoms with van der Waals surface area (Å²) in [4.78, 5) is 21.1. The van der Waals surface area contributed by atoms with Gasteiger partial charge in [-0.2, -0.15) is 0 Å². The van der Waals surface area contributed by atoms with E-state index in [0.717, 1.165) is 24.6 Å². The maximum atomic E-state index is 10.9. The van der Waals surface area contributed by atoms with E-state index in [2.05, 4.69) is 0 Å². The van der Waals surface area contributed by atoms with Gasteiger partial charge in [0.15, 0.2) is 0 Å². The highest BCUT2D eigenvalue weighted by Crippen LogP contribution is 2.08. The molecule has 0 atom stereocenters. The van der Waals surface area contributed by atoms with Crippen molar-refractivity contribution in [3.63, 3.8) is 0 Å². The molecule has 86 valence electrons.